The minimum atomic E-state index is -3.58. The molecule has 0 unspecified atom stereocenters. The maximum Gasteiger partial charge on any atom is 0.270 e. The molecule has 5 nitrogen and oxygen atoms in total. The molecule has 1 rings (SSSR count). The Balaban J connectivity index is 3.38. The van der Waals surface area contributed by atoms with Crippen LogP contribution < -0.4 is 0 Å². The van der Waals surface area contributed by atoms with Gasteiger partial charge in [-0.3, -0.25) is 10.1 Å². The number of nitro groups is 1. The van der Waals surface area contributed by atoms with E-state index in [9.17, 15) is 18.5 Å². The van der Waals surface area contributed by atoms with Crippen LogP contribution in [0.1, 0.15) is 0 Å². The molecule has 1 aromatic carbocycles. The van der Waals surface area contributed by atoms with E-state index in [1.807, 2.05) is 0 Å². The van der Waals surface area contributed by atoms with Crippen molar-refractivity contribution in [2.75, 3.05) is 0 Å². The molecule has 0 aliphatic heterocycles. The molecule has 0 saturated heterocycles. The van der Waals surface area contributed by atoms with Gasteiger partial charge in [0.2, 0.25) is 0 Å². The molecule has 0 radical (unpaired) electrons. The Hall–Kier alpha value is -1.21. The summed E-state index contributed by atoms with van der Waals surface area (Å²) < 4.78 is 22.9. The van der Waals surface area contributed by atoms with Gasteiger partial charge in [-0.1, -0.05) is 6.58 Å². The van der Waals surface area contributed by atoms with Crippen LogP contribution in [0, 0.1) is 10.1 Å². The highest BCUT2D eigenvalue weighted by atomic mass is 79.9. The van der Waals surface area contributed by atoms with Crippen molar-refractivity contribution in [2.24, 2.45) is 0 Å². The molecule has 0 amide bonds. The van der Waals surface area contributed by atoms with Crippen molar-refractivity contribution in [3.8, 4) is 0 Å². The second kappa shape index (κ2) is 4.11. The number of hydrogen-bond acceptors (Lipinski definition) is 4. The Kier molecular flexibility index (Phi) is 3.25. The van der Waals surface area contributed by atoms with Crippen LogP contribution in [0.5, 0.6) is 0 Å². The predicted molar refractivity (Wildman–Crippen MR) is 58.2 cm³/mol. The van der Waals surface area contributed by atoms with E-state index < -0.39 is 14.8 Å². The van der Waals surface area contributed by atoms with E-state index in [4.69, 9.17) is 0 Å². The third kappa shape index (κ3) is 2.42. The van der Waals surface area contributed by atoms with Gasteiger partial charge in [0.05, 0.1) is 9.82 Å². The van der Waals surface area contributed by atoms with Crippen LogP contribution in [0.4, 0.5) is 5.69 Å². The summed E-state index contributed by atoms with van der Waals surface area (Å²) in [6.45, 7) is 3.16. The summed E-state index contributed by atoms with van der Waals surface area (Å²) in [5, 5.41) is 11.2. The molecular weight excluding hydrogens is 286 g/mol. The maximum atomic E-state index is 11.4. The fraction of sp³-hybridized carbons (Fsp3) is 0. The highest BCUT2D eigenvalue weighted by Gasteiger charge is 2.16. The normalized spacial score (nSPS) is 11.0. The van der Waals surface area contributed by atoms with E-state index in [1.165, 1.54) is 6.07 Å². The van der Waals surface area contributed by atoms with E-state index in [-0.39, 0.29) is 15.1 Å². The largest absolute Gasteiger partial charge is 0.270 e. The number of rotatable bonds is 3. The van der Waals surface area contributed by atoms with Gasteiger partial charge in [0, 0.05) is 22.0 Å². The number of sulfone groups is 1. The summed E-state index contributed by atoms with van der Waals surface area (Å²) in [5.41, 5.74) is -0.176. The molecule has 0 N–H and O–H groups in total. The average molecular weight is 292 g/mol. The van der Waals surface area contributed by atoms with Crippen LogP contribution in [-0.4, -0.2) is 13.3 Å². The Morgan fingerprint density at radius 3 is 2.47 bits per heavy atom. The molecule has 0 atom stereocenters. The third-order valence-electron chi connectivity index (χ3n) is 1.65. The molecule has 0 aliphatic carbocycles. The van der Waals surface area contributed by atoms with Gasteiger partial charge in [-0.05, 0) is 22.0 Å². The topological polar surface area (TPSA) is 77.3 Å². The summed E-state index contributed by atoms with van der Waals surface area (Å²) in [6.07, 6.45) is 0. The number of non-ortho nitro benzene ring substituents is 1. The smallest absolute Gasteiger partial charge is 0.258 e. The van der Waals surface area contributed by atoms with Gasteiger partial charge in [-0.2, -0.15) is 0 Å². The van der Waals surface area contributed by atoms with Gasteiger partial charge >= 0.3 is 0 Å². The first-order valence-electron chi connectivity index (χ1n) is 3.70. The van der Waals surface area contributed by atoms with Gasteiger partial charge in [-0.15, -0.1) is 0 Å². The summed E-state index contributed by atoms with van der Waals surface area (Å²) in [7, 11) is -3.58. The van der Waals surface area contributed by atoms with Gasteiger partial charge in [0.15, 0.2) is 9.84 Å². The van der Waals surface area contributed by atoms with Gasteiger partial charge < -0.3 is 0 Å². The monoisotopic (exact) mass is 291 g/mol. The second-order valence-corrected chi connectivity index (χ2v) is 5.30. The lowest BCUT2D eigenvalue weighted by molar-refractivity contribution is -0.385. The molecule has 7 heteroatoms. The SMILES string of the molecule is C=CS(=O)(=O)c1ccc([N+](=O)[O-])cc1Br. The van der Waals surface area contributed by atoms with E-state index in [2.05, 4.69) is 22.5 Å². The fourth-order valence-corrected chi connectivity index (χ4v) is 2.74. The van der Waals surface area contributed by atoms with E-state index in [1.54, 1.807) is 0 Å². The molecule has 0 fully saturated rings. The van der Waals surface area contributed by atoms with Crippen LogP contribution in [0.15, 0.2) is 39.6 Å². The summed E-state index contributed by atoms with van der Waals surface area (Å²) in [4.78, 5) is 9.76. The lowest BCUT2D eigenvalue weighted by Crippen LogP contribution is -1.98. The van der Waals surface area contributed by atoms with Crippen LogP contribution >= 0.6 is 15.9 Å². The number of halogens is 1. The first-order valence-corrected chi connectivity index (χ1v) is 6.04. The highest BCUT2D eigenvalue weighted by Crippen LogP contribution is 2.27. The molecule has 1 aromatic rings. The van der Waals surface area contributed by atoms with Crippen molar-refractivity contribution < 1.29 is 13.3 Å². The first kappa shape index (κ1) is 11.9. The molecule has 0 aromatic heterocycles. The lowest BCUT2D eigenvalue weighted by atomic mass is 10.3. The number of nitro benzene ring substituents is 1. The predicted octanol–water partition coefficient (Wildman–Crippen LogP) is 2.27. The molecular formula is C8H6BrNO4S. The Morgan fingerprint density at radius 1 is 1.47 bits per heavy atom. The number of hydrogen-bond donors (Lipinski definition) is 0. The molecule has 0 aliphatic rings. The fourth-order valence-electron chi connectivity index (χ4n) is 0.924. The van der Waals surface area contributed by atoms with E-state index in [0.29, 0.717) is 0 Å². The van der Waals surface area contributed by atoms with Crippen LogP contribution in [0.2, 0.25) is 0 Å². The molecule has 0 saturated carbocycles. The number of benzene rings is 1. The zero-order chi connectivity index (χ0) is 11.6. The van der Waals surface area contributed by atoms with Gasteiger partial charge in [-0.25, -0.2) is 8.42 Å². The molecule has 0 spiro atoms. The Labute approximate surface area is 94.6 Å². The van der Waals surface area contributed by atoms with E-state index in [0.717, 1.165) is 17.5 Å². The van der Waals surface area contributed by atoms with Crippen LogP contribution in [0.25, 0.3) is 0 Å². The van der Waals surface area contributed by atoms with Crippen LogP contribution in [0.3, 0.4) is 0 Å². The maximum absolute atomic E-state index is 11.4. The quantitative estimate of drug-likeness (QED) is 0.632. The van der Waals surface area contributed by atoms with Crippen molar-refractivity contribution in [1.82, 2.24) is 0 Å². The lowest BCUT2D eigenvalue weighted by Gasteiger charge is -2.01. The Bertz CT molecular complexity index is 523. The molecule has 0 bridgehead atoms. The average Bonchev–Trinajstić information content (AvgIpc) is 2.17. The highest BCUT2D eigenvalue weighted by molar-refractivity contribution is 9.10. The van der Waals surface area contributed by atoms with E-state index >= 15 is 0 Å². The standard InChI is InChI=1S/C8H6BrNO4S/c1-2-15(13,14)8-4-3-6(10(11)12)5-7(8)9/h2-5H,1H2. The first-order chi connectivity index (χ1) is 6.88. The summed E-state index contributed by atoms with van der Waals surface area (Å²) in [6, 6.07) is 3.43. The zero-order valence-electron chi connectivity index (χ0n) is 7.38. The molecule has 0 heterocycles. The minimum absolute atomic E-state index is 0.0388. The summed E-state index contributed by atoms with van der Waals surface area (Å²) >= 11 is 2.96. The van der Waals surface area contributed by atoms with Crippen molar-refractivity contribution in [2.45, 2.75) is 4.90 Å². The minimum Gasteiger partial charge on any atom is -0.258 e. The van der Waals surface area contributed by atoms with Gasteiger partial charge in [0.25, 0.3) is 5.69 Å². The second-order valence-electron chi connectivity index (χ2n) is 2.58. The van der Waals surface area contributed by atoms with Crippen LogP contribution in [-0.2, 0) is 9.84 Å². The van der Waals surface area contributed by atoms with Crippen molar-refractivity contribution in [3.05, 3.63) is 44.8 Å². The third-order valence-corrected chi connectivity index (χ3v) is 3.98. The summed E-state index contributed by atoms with van der Waals surface area (Å²) in [5.74, 6) is 0. The van der Waals surface area contributed by atoms with Crippen molar-refractivity contribution in [1.29, 1.82) is 0 Å². The number of nitrogens with zero attached hydrogens (tertiary/aromatic N) is 1. The Morgan fingerprint density at radius 2 is 2.07 bits per heavy atom. The molecule has 15 heavy (non-hydrogen) atoms. The zero-order valence-corrected chi connectivity index (χ0v) is 9.79. The van der Waals surface area contributed by atoms with Crippen molar-refractivity contribution >= 4 is 31.5 Å². The molecule has 80 valence electrons. The van der Waals surface area contributed by atoms with Crippen molar-refractivity contribution in [3.63, 3.8) is 0 Å². The van der Waals surface area contributed by atoms with Gasteiger partial charge in [0.1, 0.15) is 0 Å².